The summed E-state index contributed by atoms with van der Waals surface area (Å²) in [4.78, 5) is 12.7. The number of alkyl halides is 2. The summed E-state index contributed by atoms with van der Waals surface area (Å²) in [5.74, 6) is -1.52. The Balaban J connectivity index is 1.64. The lowest BCUT2D eigenvalue weighted by atomic mass is 9.45. The lowest BCUT2D eigenvalue weighted by Gasteiger charge is -2.62. The predicted octanol–water partition coefficient (Wildman–Crippen LogP) is 3.88. The fourth-order valence-electron chi connectivity index (χ4n) is 7.76. The summed E-state index contributed by atoms with van der Waals surface area (Å²) in [7, 11) is -1.12. The minimum absolute atomic E-state index is 0.0320. The quantitative estimate of drug-likeness (QED) is 0.678. The maximum absolute atomic E-state index is 17.5. The summed E-state index contributed by atoms with van der Waals surface area (Å²) in [6, 6.07) is 0. The van der Waals surface area contributed by atoms with E-state index >= 15 is 8.78 Å². The maximum Gasteiger partial charge on any atom is 0.241 e. The molecule has 0 aromatic heterocycles. The normalized spacial score (nSPS) is 50.5. The van der Waals surface area contributed by atoms with Gasteiger partial charge in [0.2, 0.25) is 17.8 Å². The van der Waals surface area contributed by atoms with Crippen LogP contribution in [0.1, 0.15) is 59.3 Å². The minimum Gasteiger partial charge on any atom is -0.454 e. The Labute approximate surface area is 190 Å². The molecule has 0 radical (unpaired) electrons. The number of hydrogen-bond acceptors (Lipinski definition) is 5. The molecule has 1 N–H and O–H groups in total. The zero-order valence-corrected chi connectivity index (χ0v) is 19.8. The zero-order chi connectivity index (χ0) is 23.2. The van der Waals surface area contributed by atoms with Crippen LogP contribution in [0, 0.1) is 22.7 Å². The molecular weight excluding hydrogens is 438 g/mol. The van der Waals surface area contributed by atoms with Crippen LogP contribution in [-0.2, 0) is 25.1 Å². The summed E-state index contributed by atoms with van der Waals surface area (Å²) in [5.41, 5.74) is -4.35. The largest absolute Gasteiger partial charge is 0.454 e. The molecule has 5 rings (SSSR count). The van der Waals surface area contributed by atoms with Crippen LogP contribution in [0.4, 0.5) is 8.78 Å². The van der Waals surface area contributed by atoms with E-state index in [9.17, 15) is 14.1 Å². The Morgan fingerprint density at radius 3 is 2.62 bits per heavy atom. The summed E-state index contributed by atoms with van der Waals surface area (Å²) < 4.78 is 57.4. The average Bonchev–Trinajstić information content (AvgIpc) is 3.29. The Hall–Kier alpha value is -1.28. The maximum atomic E-state index is 17.5. The van der Waals surface area contributed by atoms with Crippen molar-refractivity contribution in [3.05, 3.63) is 23.2 Å². The van der Waals surface area contributed by atoms with E-state index < -0.39 is 57.6 Å². The number of hydrogen-bond donors (Lipinski definition) is 1. The van der Waals surface area contributed by atoms with Gasteiger partial charge >= 0.3 is 0 Å². The molecule has 8 heteroatoms. The Bertz CT molecular complexity index is 949. The first-order chi connectivity index (χ1) is 15.0. The number of halogens is 2. The fourth-order valence-corrected chi connectivity index (χ4v) is 9.25. The second-order valence-electron chi connectivity index (χ2n) is 10.7. The van der Waals surface area contributed by atoms with Crippen LogP contribution in [0.2, 0.25) is 0 Å². The molecule has 0 aromatic rings. The minimum atomic E-state index is -2.22. The van der Waals surface area contributed by atoms with Gasteiger partial charge in [-0.15, -0.1) is 0 Å². The predicted molar refractivity (Wildman–Crippen MR) is 115 cm³/mol. The second kappa shape index (κ2) is 7.11. The van der Waals surface area contributed by atoms with Gasteiger partial charge in [-0.1, -0.05) is 13.8 Å². The molecule has 2 unspecified atom stereocenters. The number of ether oxygens (including phenoxy) is 2. The fraction of sp³-hybridized carbons (Fsp3) is 0.792. The van der Waals surface area contributed by atoms with Gasteiger partial charge in [0.1, 0.15) is 6.17 Å². The highest BCUT2D eigenvalue weighted by Crippen LogP contribution is 2.70. The Kier molecular flexibility index (Phi) is 5.00. The van der Waals surface area contributed by atoms with E-state index in [4.69, 9.17) is 9.47 Å². The van der Waals surface area contributed by atoms with Crippen molar-refractivity contribution in [1.29, 1.82) is 0 Å². The van der Waals surface area contributed by atoms with Crippen molar-refractivity contribution in [3.63, 3.8) is 0 Å². The van der Waals surface area contributed by atoms with Crippen LogP contribution < -0.4 is 0 Å². The lowest BCUT2D eigenvalue weighted by molar-refractivity contribution is -0.208. The summed E-state index contributed by atoms with van der Waals surface area (Å²) in [6.07, 6.45) is 1.78. The lowest BCUT2D eigenvalue weighted by Crippen LogP contribution is -2.69. The third-order valence-corrected chi connectivity index (χ3v) is 10.8. The molecule has 1 aliphatic heterocycles. The molecule has 1 heterocycles. The second-order valence-corrected chi connectivity index (χ2v) is 12.2. The standard InChI is InChI=1S/C24H32F2O5S/c1-5-6-19-30-20-16(27)10-14-15(25)9-13-12-7-8-18(32(4)29)22(12,2)11-17(28)24(13,26)23(14,3)21(20)31-19/h10,12-13,15,17-19,28H,5-9,11H2,1-4H3/t12-,13-,15-,17-,18-,19?,22-,23+,24-,32?/m0/s1. The molecule has 5 aliphatic rings. The number of ketones is 1. The van der Waals surface area contributed by atoms with Crippen molar-refractivity contribution >= 4 is 16.6 Å². The van der Waals surface area contributed by atoms with E-state index in [1.54, 1.807) is 13.2 Å². The van der Waals surface area contributed by atoms with Gasteiger partial charge in [-0.2, -0.15) is 0 Å². The molecule has 4 aliphatic carbocycles. The zero-order valence-electron chi connectivity index (χ0n) is 19.0. The molecule has 0 amide bonds. The number of aliphatic hydroxyl groups excluding tert-OH is 1. The van der Waals surface area contributed by atoms with Gasteiger partial charge in [-0.25, -0.2) is 8.78 Å². The van der Waals surface area contributed by atoms with Crippen LogP contribution in [0.5, 0.6) is 0 Å². The van der Waals surface area contributed by atoms with Gasteiger partial charge in [-0.3, -0.25) is 9.00 Å². The molecule has 0 spiro atoms. The highest BCUT2D eigenvalue weighted by Gasteiger charge is 2.75. The van der Waals surface area contributed by atoms with Gasteiger partial charge in [0, 0.05) is 34.6 Å². The van der Waals surface area contributed by atoms with Gasteiger partial charge in [0.05, 0.1) is 11.5 Å². The summed E-state index contributed by atoms with van der Waals surface area (Å²) >= 11 is 0. The number of rotatable bonds is 3. The van der Waals surface area contributed by atoms with E-state index in [0.29, 0.717) is 19.3 Å². The monoisotopic (exact) mass is 470 g/mol. The number of carbonyl (C=O) groups is 1. The summed E-state index contributed by atoms with van der Waals surface area (Å²) in [6.45, 7) is 5.48. The Morgan fingerprint density at radius 2 is 1.97 bits per heavy atom. The molecule has 3 saturated carbocycles. The number of carbonyl (C=O) groups excluding carboxylic acids is 1. The van der Waals surface area contributed by atoms with Crippen LogP contribution in [0.25, 0.3) is 0 Å². The van der Waals surface area contributed by atoms with Crippen molar-refractivity contribution in [1.82, 2.24) is 0 Å². The number of fused-ring (bicyclic) bond motifs is 6. The van der Waals surface area contributed by atoms with Gasteiger partial charge in [-0.05, 0) is 62.0 Å². The van der Waals surface area contributed by atoms with Crippen molar-refractivity contribution < 1.29 is 32.4 Å². The summed E-state index contributed by atoms with van der Waals surface area (Å²) in [5, 5.41) is 11.2. The highest BCUT2D eigenvalue weighted by atomic mass is 32.2. The third kappa shape index (κ3) is 2.57. The van der Waals surface area contributed by atoms with Crippen LogP contribution in [0.3, 0.4) is 0 Å². The van der Waals surface area contributed by atoms with E-state index in [-0.39, 0.29) is 41.1 Å². The van der Waals surface area contributed by atoms with Crippen LogP contribution in [-0.4, -0.2) is 50.8 Å². The molecule has 32 heavy (non-hydrogen) atoms. The van der Waals surface area contributed by atoms with E-state index in [1.165, 1.54) is 0 Å². The van der Waals surface area contributed by atoms with Crippen molar-refractivity contribution in [2.24, 2.45) is 22.7 Å². The van der Waals surface area contributed by atoms with Crippen LogP contribution >= 0.6 is 0 Å². The molecule has 10 atom stereocenters. The first-order valence-electron chi connectivity index (χ1n) is 11.7. The molecule has 3 fully saturated rings. The molecule has 0 aromatic carbocycles. The van der Waals surface area contributed by atoms with E-state index in [1.807, 2.05) is 13.8 Å². The Morgan fingerprint density at radius 1 is 1.25 bits per heavy atom. The molecule has 178 valence electrons. The third-order valence-electron chi connectivity index (χ3n) is 9.20. The smallest absolute Gasteiger partial charge is 0.241 e. The van der Waals surface area contributed by atoms with Crippen LogP contribution in [0.15, 0.2) is 23.2 Å². The highest BCUT2D eigenvalue weighted by molar-refractivity contribution is 7.85. The van der Waals surface area contributed by atoms with Gasteiger partial charge in [0.25, 0.3) is 0 Å². The first-order valence-corrected chi connectivity index (χ1v) is 13.3. The van der Waals surface area contributed by atoms with Gasteiger partial charge in [0.15, 0.2) is 11.4 Å². The first kappa shape index (κ1) is 22.5. The van der Waals surface area contributed by atoms with Gasteiger partial charge < -0.3 is 14.6 Å². The van der Waals surface area contributed by atoms with Crippen molar-refractivity contribution in [2.45, 2.75) is 88.8 Å². The average molecular weight is 471 g/mol. The van der Waals surface area contributed by atoms with E-state index in [2.05, 4.69) is 0 Å². The molecule has 0 bridgehead atoms. The molecular formula is C24H32F2O5S. The van der Waals surface area contributed by atoms with E-state index in [0.717, 1.165) is 12.5 Å². The van der Waals surface area contributed by atoms with Crippen molar-refractivity contribution in [2.75, 3.05) is 6.26 Å². The SMILES string of the molecule is CCCC1OC2=C(O1)[C@@]1(C)C(=CC2=O)[C@@H](F)C[C@H]2[C@@H]3CC[C@H](S(C)=O)[C@@]3(C)C[C@H](O)[C@@]21F. The molecule has 0 saturated heterocycles. The number of allylic oxidation sites excluding steroid dienone is 2. The molecule has 5 nitrogen and oxygen atoms in total. The topological polar surface area (TPSA) is 72.8 Å². The number of aliphatic hydroxyl groups is 1. The van der Waals surface area contributed by atoms with Crippen molar-refractivity contribution in [3.8, 4) is 0 Å².